The maximum absolute atomic E-state index is 12.2. The molecule has 0 aliphatic carbocycles. The van der Waals surface area contributed by atoms with Crippen LogP contribution in [-0.2, 0) is 15.7 Å². The summed E-state index contributed by atoms with van der Waals surface area (Å²) in [6.07, 6.45) is 4.18. The Morgan fingerprint density at radius 3 is 2.38 bits per heavy atom. The van der Waals surface area contributed by atoms with Crippen molar-refractivity contribution in [3.63, 3.8) is 0 Å². The van der Waals surface area contributed by atoms with Crippen molar-refractivity contribution >= 4 is 23.3 Å². The van der Waals surface area contributed by atoms with E-state index in [-0.39, 0.29) is 16.9 Å². The van der Waals surface area contributed by atoms with E-state index in [9.17, 15) is 9.00 Å². The van der Waals surface area contributed by atoms with Gasteiger partial charge in [-0.2, -0.15) is 4.40 Å². The highest BCUT2D eigenvalue weighted by Gasteiger charge is 2.30. The van der Waals surface area contributed by atoms with Crippen molar-refractivity contribution < 1.29 is 13.7 Å². The lowest BCUT2D eigenvalue weighted by Gasteiger charge is -2.34. The average Bonchev–Trinajstić information content (AvgIpc) is 2.33. The number of rotatable bonds is 2. The van der Waals surface area contributed by atoms with E-state index in [1.807, 2.05) is 41.5 Å². The Morgan fingerprint density at radius 2 is 1.86 bits per heavy atom. The monoisotopic (exact) mass is 316 g/mol. The van der Waals surface area contributed by atoms with Crippen LogP contribution in [0, 0.1) is 0 Å². The van der Waals surface area contributed by atoms with Gasteiger partial charge in [0.2, 0.25) is 0 Å². The maximum Gasteiger partial charge on any atom is 0.410 e. The lowest BCUT2D eigenvalue weighted by molar-refractivity contribution is 0.0171. The number of hydrogen-bond acceptors (Lipinski definition) is 3. The minimum atomic E-state index is -1.30. The number of nitrogens with zero attached hydrogens (tertiary/aromatic N) is 2. The Hall–Kier alpha value is -0.910. The van der Waals surface area contributed by atoms with Gasteiger partial charge in [-0.15, -0.1) is 0 Å². The lowest BCUT2D eigenvalue weighted by atomic mass is 10.0. The molecular formula is C15H28N2O3S. The highest BCUT2D eigenvalue weighted by Crippen LogP contribution is 2.20. The maximum atomic E-state index is 12.2. The van der Waals surface area contributed by atoms with Crippen LogP contribution in [0.2, 0.25) is 0 Å². The summed E-state index contributed by atoms with van der Waals surface area (Å²) >= 11 is 0. The van der Waals surface area contributed by atoms with Crippen molar-refractivity contribution in [1.82, 2.24) is 4.90 Å². The van der Waals surface area contributed by atoms with Gasteiger partial charge < -0.3 is 9.64 Å². The number of hydrogen-bond donors (Lipinski definition) is 0. The van der Waals surface area contributed by atoms with Gasteiger partial charge in [0, 0.05) is 12.8 Å². The van der Waals surface area contributed by atoms with E-state index < -0.39 is 16.6 Å². The van der Waals surface area contributed by atoms with E-state index >= 15 is 0 Å². The summed E-state index contributed by atoms with van der Waals surface area (Å²) < 4.78 is 21.2. The fourth-order valence-electron chi connectivity index (χ4n) is 1.94. The molecule has 0 radical (unpaired) electrons. The zero-order valence-corrected chi connectivity index (χ0v) is 14.8. The van der Waals surface area contributed by atoms with Crippen molar-refractivity contribution in [3.8, 4) is 0 Å². The van der Waals surface area contributed by atoms with Crippen LogP contribution < -0.4 is 0 Å². The topological polar surface area (TPSA) is 59.0 Å². The van der Waals surface area contributed by atoms with E-state index in [0.717, 1.165) is 19.3 Å². The summed E-state index contributed by atoms with van der Waals surface area (Å²) in [5, 5.41) is 0. The van der Waals surface area contributed by atoms with Gasteiger partial charge in [-0.05, 0) is 60.8 Å². The number of likely N-dealkylation sites (tertiary alicyclic amines) is 1. The van der Waals surface area contributed by atoms with Crippen LogP contribution >= 0.6 is 0 Å². The van der Waals surface area contributed by atoms with E-state index in [4.69, 9.17) is 4.74 Å². The average molecular weight is 316 g/mol. The molecule has 5 nitrogen and oxygen atoms in total. The zero-order chi connectivity index (χ0) is 16.3. The van der Waals surface area contributed by atoms with Crippen LogP contribution in [0.1, 0.15) is 60.8 Å². The predicted molar refractivity (Wildman–Crippen MR) is 87.0 cm³/mol. The minimum Gasteiger partial charge on any atom is -0.444 e. The Labute approximate surface area is 130 Å². The molecule has 1 amide bonds. The van der Waals surface area contributed by atoms with Crippen LogP contribution in [0.3, 0.4) is 0 Å². The van der Waals surface area contributed by atoms with Gasteiger partial charge in [-0.25, -0.2) is 9.00 Å². The fraction of sp³-hybridized carbons (Fsp3) is 0.867. The van der Waals surface area contributed by atoms with Crippen molar-refractivity contribution in [3.05, 3.63) is 0 Å². The first-order chi connectivity index (χ1) is 9.50. The molecule has 1 heterocycles. The van der Waals surface area contributed by atoms with Gasteiger partial charge in [0.25, 0.3) is 0 Å². The van der Waals surface area contributed by atoms with E-state index in [2.05, 4.69) is 4.40 Å². The van der Waals surface area contributed by atoms with Crippen molar-refractivity contribution in [1.29, 1.82) is 0 Å². The molecule has 1 aliphatic heterocycles. The quantitative estimate of drug-likeness (QED) is 0.734. The number of amides is 1. The second-order valence-electron chi connectivity index (χ2n) is 7.35. The molecule has 0 spiro atoms. The molecule has 0 aromatic heterocycles. The number of carbonyl (C=O) groups excluding carboxylic acids is 1. The third kappa shape index (κ3) is 6.16. The molecule has 6 heteroatoms. The third-order valence-corrected chi connectivity index (χ3v) is 4.39. The smallest absolute Gasteiger partial charge is 0.410 e. The van der Waals surface area contributed by atoms with Gasteiger partial charge >= 0.3 is 6.09 Å². The molecule has 1 fully saturated rings. The van der Waals surface area contributed by atoms with Crippen LogP contribution in [-0.4, -0.2) is 44.4 Å². The number of piperidine rings is 1. The summed E-state index contributed by atoms with van der Waals surface area (Å²) in [4.78, 5) is 13.9. The first kappa shape index (κ1) is 18.1. The lowest BCUT2D eigenvalue weighted by Crippen LogP contribution is -2.47. The summed E-state index contributed by atoms with van der Waals surface area (Å²) in [6.45, 7) is 11.9. The second kappa shape index (κ2) is 6.90. The molecule has 2 atom stereocenters. The summed E-state index contributed by atoms with van der Waals surface area (Å²) in [5.74, 6) is 0. The van der Waals surface area contributed by atoms with Gasteiger partial charge in [0.1, 0.15) is 16.6 Å². The SMILES string of the molecule is CC(C)(C)OC(=O)N1CCCCC1/C=N\S(=O)C(C)(C)C. The van der Waals surface area contributed by atoms with Crippen LogP contribution in [0.15, 0.2) is 4.40 Å². The number of ether oxygens (including phenoxy) is 1. The van der Waals surface area contributed by atoms with Crippen LogP contribution in [0.4, 0.5) is 4.79 Å². The summed E-state index contributed by atoms with van der Waals surface area (Å²) in [7, 11) is -1.30. The molecule has 0 aromatic rings. The third-order valence-electron chi connectivity index (χ3n) is 3.03. The van der Waals surface area contributed by atoms with E-state index in [1.165, 1.54) is 0 Å². The van der Waals surface area contributed by atoms with E-state index in [1.54, 1.807) is 11.1 Å². The Kier molecular flexibility index (Phi) is 5.96. The summed E-state index contributed by atoms with van der Waals surface area (Å²) in [6, 6.07) is -0.125. The van der Waals surface area contributed by atoms with Gasteiger partial charge in [0.15, 0.2) is 0 Å². The Balaban J connectivity index is 2.76. The van der Waals surface area contributed by atoms with Crippen LogP contribution in [0.5, 0.6) is 0 Å². The van der Waals surface area contributed by atoms with Gasteiger partial charge in [-0.3, -0.25) is 0 Å². The normalized spacial score (nSPS) is 22.4. The molecule has 0 N–H and O–H groups in total. The zero-order valence-electron chi connectivity index (χ0n) is 14.0. The first-order valence-corrected chi connectivity index (χ1v) is 8.57. The molecule has 1 rings (SSSR count). The molecule has 2 unspecified atom stereocenters. The second-order valence-corrected chi connectivity index (χ2v) is 9.29. The molecule has 0 aromatic carbocycles. The number of carbonyl (C=O) groups is 1. The van der Waals surface area contributed by atoms with E-state index in [0.29, 0.717) is 6.54 Å². The van der Waals surface area contributed by atoms with Crippen molar-refractivity contribution in [2.75, 3.05) is 6.54 Å². The summed E-state index contributed by atoms with van der Waals surface area (Å²) in [5.41, 5.74) is -0.509. The molecule has 1 saturated heterocycles. The van der Waals surface area contributed by atoms with Crippen molar-refractivity contribution in [2.24, 2.45) is 4.40 Å². The van der Waals surface area contributed by atoms with Gasteiger partial charge in [-0.1, -0.05) is 0 Å². The minimum absolute atomic E-state index is 0.125. The molecular weight excluding hydrogens is 288 g/mol. The van der Waals surface area contributed by atoms with Crippen LogP contribution in [0.25, 0.3) is 0 Å². The highest BCUT2D eigenvalue weighted by molar-refractivity contribution is 7.85. The molecule has 122 valence electrons. The molecule has 0 saturated carbocycles. The largest absolute Gasteiger partial charge is 0.444 e. The standard InChI is InChI=1S/C15H28N2O3S/c1-14(2,3)20-13(18)17-10-8-7-9-12(17)11-16-21(19)15(4,5)6/h11-12H,7-10H2,1-6H3/b16-11-. The van der Waals surface area contributed by atoms with Gasteiger partial charge in [0.05, 0.1) is 10.8 Å². The first-order valence-electron chi connectivity index (χ1n) is 7.46. The van der Waals surface area contributed by atoms with Crippen molar-refractivity contribution in [2.45, 2.75) is 77.2 Å². The Morgan fingerprint density at radius 1 is 1.24 bits per heavy atom. The molecule has 0 bridgehead atoms. The molecule has 1 aliphatic rings. The highest BCUT2D eigenvalue weighted by atomic mass is 32.2. The fourth-order valence-corrected chi connectivity index (χ4v) is 2.51. The molecule has 21 heavy (non-hydrogen) atoms. The predicted octanol–water partition coefficient (Wildman–Crippen LogP) is 3.31. The Bertz CT molecular complexity index is 422.